The SMILES string of the molecule is c1ccc(N(c2ccccc2)c2ccc(-c3c4ccccc4c(-c4cc(-c5ccc6c(c5)c5ccccc5n6-c5ccccc5)cc(-c5cccc6c5oc5ccccc56)c4)c4ccccc34)cc2)cc1. The molecule has 0 fully saturated rings. The van der Waals surface area contributed by atoms with Crippen molar-refractivity contribution in [3.05, 3.63) is 267 Å². The standard InChI is InChI=1S/C68H44N2O/c1-4-19-50(20-5-1)69(51-21-6-2-7-22-51)53-38-35-45(36-39-53)66-57-27-10-12-29-59(57)67(60-30-13-11-28-58(60)66)49-42-47(41-48(43-49)54-31-18-32-61-56-26-15-17-34-65(56)71-68(54)61)46-37-40-64-62(44-46)55-25-14-16-33-63(55)70(64)52-23-8-3-9-24-52/h1-44H. The van der Waals surface area contributed by atoms with Gasteiger partial charge in [-0.1, -0.05) is 176 Å². The molecule has 0 aliphatic carbocycles. The Hall–Kier alpha value is -9.44. The quantitative estimate of drug-likeness (QED) is 0.142. The van der Waals surface area contributed by atoms with Crippen LogP contribution in [0.2, 0.25) is 0 Å². The summed E-state index contributed by atoms with van der Waals surface area (Å²) in [5, 5.41) is 9.49. The molecule has 71 heavy (non-hydrogen) atoms. The maximum atomic E-state index is 6.75. The van der Waals surface area contributed by atoms with E-state index in [0.29, 0.717) is 0 Å². The lowest BCUT2D eigenvalue weighted by Crippen LogP contribution is -2.09. The van der Waals surface area contributed by atoms with Crippen molar-refractivity contribution in [1.82, 2.24) is 4.57 Å². The highest BCUT2D eigenvalue weighted by molar-refractivity contribution is 6.22. The fraction of sp³-hybridized carbons (Fsp3) is 0. The number of anilines is 3. The van der Waals surface area contributed by atoms with Crippen molar-refractivity contribution in [2.24, 2.45) is 0 Å². The summed E-state index contributed by atoms with van der Waals surface area (Å²) in [4.78, 5) is 2.32. The van der Waals surface area contributed by atoms with Crippen LogP contribution in [-0.4, -0.2) is 4.57 Å². The molecule has 0 unspecified atom stereocenters. The van der Waals surface area contributed by atoms with E-state index in [-0.39, 0.29) is 0 Å². The van der Waals surface area contributed by atoms with Crippen LogP contribution in [0.1, 0.15) is 0 Å². The number of fused-ring (bicyclic) bond motifs is 8. The topological polar surface area (TPSA) is 21.3 Å². The lowest BCUT2D eigenvalue weighted by molar-refractivity contribution is 0.670. The molecular weight excluding hydrogens is 861 g/mol. The molecule has 14 aromatic rings. The van der Waals surface area contributed by atoms with E-state index in [2.05, 4.69) is 270 Å². The van der Waals surface area contributed by atoms with Gasteiger partial charge in [0.05, 0.1) is 11.0 Å². The summed E-state index contributed by atoms with van der Waals surface area (Å²) in [5.41, 5.74) is 17.8. The molecule has 0 spiro atoms. The third kappa shape index (κ3) is 6.74. The average Bonchev–Trinajstić information content (AvgIpc) is 3.99. The number of hydrogen-bond acceptors (Lipinski definition) is 2. The molecule has 3 heteroatoms. The molecule has 0 aliphatic rings. The van der Waals surface area contributed by atoms with Gasteiger partial charge < -0.3 is 13.9 Å². The minimum Gasteiger partial charge on any atom is -0.455 e. The maximum Gasteiger partial charge on any atom is 0.143 e. The number of benzene rings is 12. The molecule has 2 heterocycles. The normalized spacial score (nSPS) is 11.7. The van der Waals surface area contributed by atoms with Crippen molar-refractivity contribution < 1.29 is 4.42 Å². The molecule has 14 rings (SSSR count). The summed E-state index contributed by atoms with van der Waals surface area (Å²) in [6.45, 7) is 0. The molecule has 0 bridgehead atoms. The van der Waals surface area contributed by atoms with Crippen molar-refractivity contribution in [3.63, 3.8) is 0 Å². The Morgan fingerprint density at radius 3 is 1.42 bits per heavy atom. The van der Waals surface area contributed by atoms with E-state index >= 15 is 0 Å². The average molecular weight is 905 g/mol. The first-order valence-corrected chi connectivity index (χ1v) is 24.3. The first-order valence-electron chi connectivity index (χ1n) is 24.3. The van der Waals surface area contributed by atoms with Crippen molar-refractivity contribution in [3.8, 4) is 50.2 Å². The monoisotopic (exact) mass is 904 g/mol. The van der Waals surface area contributed by atoms with Gasteiger partial charge in [-0.2, -0.15) is 0 Å². The summed E-state index contributed by atoms with van der Waals surface area (Å²) in [5.74, 6) is 0. The Bertz CT molecular complexity index is 4220. The van der Waals surface area contributed by atoms with E-state index in [0.717, 1.165) is 72.5 Å². The first-order chi connectivity index (χ1) is 35.2. The van der Waals surface area contributed by atoms with E-state index in [9.17, 15) is 0 Å². The third-order valence-corrected chi connectivity index (χ3v) is 14.3. The zero-order valence-electron chi connectivity index (χ0n) is 38.7. The Morgan fingerprint density at radius 1 is 0.282 bits per heavy atom. The highest BCUT2D eigenvalue weighted by atomic mass is 16.3. The van der Waals surface area contributed by atoms with Crippen LogP contribution in [-0.2, 0) is 0 Å². The predicted octanol–water partition coefficient (Wildman–Crippen LogP) is 19.1. The van der Waals surface area contributed by atoms with E-state index in [4.69, 9.17) is 4.42 Å². The van der Waals surface area contributed by atoms with E-state index in [1.165, 1.54) is 60.0 Å². The van der Waals surface area contributed by atoms with Gasteiger partial charge >= 0.3 is 0 Å². The van der Waals surface area contributed by atoms with Gasteiger partial charge in [0.2, 0.25) is 0 Å². The number of nitrogens with zero attached hydrogens (tertiary/aromatic N) is 2. The predicted molar refractivity (Wildman–Crippen MR) is 299 cm³/mol. The van der Waals surface area contributed by atoms with Gasteiger partial charge in [-0.3, -0.25) is 0 Å². The van der Waals surface area contributed by atoms with Gasteiger partial charge in [0.1, 0.15) is 11.2 Å². The largest absolute Gasteiger partial charge is 0.455 e. The second-order valence-corrected chi connectivity index (χ2v) is 18.4. The zero-order chi connectivity index (χ0) is 46.8. The number of para-hydroxylation sites is 6. The third-order valence-electron chi connectivity index (χ3n) is 14.3. The summed E-state index contributed by atoms with van der Waals surface area (Å²) in [6, 6.07) is 96.7. The van der Waals surface area contributed by atoms with Crippen LogP contribution in [0.15, 0.2) is 271 Å². The van der Waals surface area contributed by atoms with Crippen LogP contribution >= 0.6 is 0 Å². The van der Waals surface area contributed by atoms with Crippen LogP contribution in [0, 0.1) is 0 Å². The number of aromatic nitrogens is 1. The molecule has 0 radical (unpaired) electrons. The Balaban J connectivity index is 0.992. The van der Waals surface area contributed by atoms with Crippen LogP contribution in [0.5, 0.6) is 0 Å². The van der Waals surface area contributed by atoms with Gasteiger partial charge in [0.25, 0.3) is 0 Å². The molecule has 332 valence electrons. The number of rotatable bonds is 8. The summed E-state index contributed by atoms with van der Waals surface area (Å²) >= 11 is 0. The van der Waals surface area contributed by atoms with Gasteiger partial charge in [-0.15, -0.1) is 0 Å². The number of furan rings is 1. The molecular formula is C68H44N2O. The Labute approximate surface area is 411 Å². The second-order valence-electron chi connectivity index (χ2n) is 18.4. The Kier molecular flexibility index (Phi) is 9.53. The van der Waals surface area contributed by atoms with Crippen molar-refractivity contribution in [2.45, 2.75) is 0 Å². The van der Waals surface area contributed by atoms with E-state index in [1.807, 2.05) is 6.07 Å². The summed E-state index contributed by atoms with van der Waals surface area (Å²) < 4.78 is 9.14. The van der Waals surface area contributed by atoms with E-state index < -0.39 is 0 Å². The number of hydrogen-bond donors (Lipinski definition) is 0. The minimum atomic E-state index is 0.889. The fourth-order valence-corrected chi connectivity index (χ4v) is 11.2. The van der Waals surface area contributed by atoms with Crippen molar-refractivity contribution in [2.75, 3.05) is 4.90 Å². The first kappa shape index (κ1) is 40.6. The lowest BCUT2D eigenvalue weighted by atomic mass is 9.84. The molecule has 0 N–H and O–H groups in total. The van der Waals surface area contributed by atoms with Gasteiger partial charge in [0, 0.05) is 49.9 Å². The van der Waals surface area contributed by atoms with Gasteiger partial charge in [-0.25, -0.2) is 0 Å². The van der Waals surface area contributed by atoms with Crippen LogP contribution in [0.25, 0.3) is 115 Å². The maximum absolute atomic E-state index is 6.75. The summed E-state index contributed by atoms with van der Waals surface area (Å²) in [6.07, 6.45) is 0. The van der Waals surface area contributed by atoms with Gasteiger partial charge in [-0.05, 0) is 151 Å². The molecule has 0 atom stereocenters. The van der Waals surface area contributed by atoms with Crippen LogP contribution < -0.4 is 4.90 Å². The molecule has 3 nitrogen and oxygen atoms in total. The molecule has 2 aromatic heterocycles. The second kappa shape index (κ2) is 16.7. The highest BCUT2D eigenvalue weighted by Crippen LogP contribution is 2.47. The van der Waals surface area contributed by atoms with Gasteiger partial charge in [0.15, 0.2) is 0 Å². The minimum absolute atomic E-state index is 0.889. The van der Waals surface area contributed by atoms with Crippen LogP contribution in [0.4, 0.5) is 17.1 Å². The zero-order valence-corrected chi connectivity index (χ0v) is 38.7. The fourth-order valence-electron chi connectivity index (χ4n) is 11.2. The smallest absolute Gasteiger partial charge is 0.143 e. The van der Waals surface area contributed by atoms with Crippen LogP contribution in [0.3, 0.4) is 0 Å². The molecule has 0 aliphatic heterocycles. The van der Waals surface area contributed by atoms with Crippen molar-refractivity contribution in [1.29, 1.82) is 0 Å². The molecule has 0 saturated carbocycles. The summed E-state index contributed by atoms with van der Waals surface area (Å²) in [7, 11) is 0. The highest BCUT2D eigenvalue weighted by Gasteiger charge is 2.21. The lowest BCUT2D eigenvalue weighted by Gasteiger charge is -2.25. The molecule has 0 amide bonds. The molecule has 12 aromatic carbocycles. The Morgan fingerprint density at radius 2 is 0.761 bits per heavy atom. The molecule has 0 saturated heterocycles. The van der Waals surface area contributed by atoms with Crippen molar-refractivity contribution >= 4 is 82.4 Å². The van der Waals surface area contributed by atoms with E-state index in [1.54, 1.807) is 0 Å².